The fourth-order valence-electron chi connectivity index (χ4n) is 6.43. The normalized spacial score (nSPS) is 20.6. The zero-order valence-electron chi connectivity index (χ0n) is 22.2. The second-order valence-corrected chi connectivity index (χ2v) is 11.0. The Labute approximate surface area is 229 Å². The van der Waals surface area contributed by atoms with Crippen LogP contribution < -0.4 is 16.0 Å². The number of nitrogens with one attached hydrogen (secondary N) is 1. The van der Waals surface area contributed by atoms with Crippen LogP contribution in [0.4, 0.5) is 11.5 Å². The highest BCUT2D eigenvalue weighted by Gasteiger charge is 2.47. The SMILES string of the molecule is Nc1nnc(-c2ccccc2O)cc1N1CCC(C(=O)N2CCC3(CC2)CNCCO3)(c2ccccc2)CC1. The van der Waals surface area contributed by atoms with Gasteiger partial charge in [-0.2, -0.15) is 0 Å². The number of carbonyl (C=O) groups is 1. The minimum absolute atomic E-state index is 0.144. The second kappa shape index (κ2) is 10.5. The average Bonchev–Trinajstić information content (AvgIpc) is 2.99. The molecule has 4 N–H and O–H groups in total. The molecule has 6 rings (SSSR count). The number of benzene rings is 2. The molecule has 3 aliphatic rings. The zero-order valence-corrected chi connectivity index (χ0v) is 22.2. The van der Waals surface area contributed by atoms with Crippen molar-refractivity contribution in [2.45, 2.75) is 36.7 Å². The number of anilines is 2. The summed E-state index contributed by atoms with van der Waals surface area (Å²) in [5.41, 5.74) is 8.57. The first-order valence-corrected chi connectivity index (χ1v) is 13.9. The molecular weight excluding hydrogens is 492 g/mol. The molecule has 39 heavy (non-hydrogen) atoms. The maximum atomic E-state index is 14.3. The van der Waals surface area contributed by atoms with Crippen molar-refractivity contribution in [3.63, 3.8) is 0 Å². The van der Waals surface area contributed by atoms with E-state index in [9.17, 15) is 9.90 Å². The second-order valence-electron chi connectivity index (χ2n) is 11.0. The van der Waals surface area contributed by atoms with Gasteiger partial charge in [0.1, 0.15) is 5.75 Å². The number of nitrogens with zero attached hydrogens (tertiary/aromatic N) is 4. The van der Waals surface area contributed by atoms with Crippen LogP contribution in [0.3, 0.4) is 0 Å². The van der Waals surface area contributed by atoms with Crippen LogP contribution in [0.15, 0.2) is 60.7 Å². The fourth-order valence-corrected chi connectivity index (χ4v) is 6.43. The fraction of sp³-hybridized carbons (Fsp3) is 0.433. The number of carbonyl (C=O) groups excluding carboxylic acids is 1. The van der Waals surface area contributed by atoms with Gasteiger partial charge in [-0.1, -0.05) is 42.5 Å². The Bertz CT molecular complexity index is 1310. The molecule has 204 valence electrons. The van der Waals surface area contributed by atoms with Crippen molar-refractivity contribution >= 4 is 17.4 Å². The minimum Gasteiger partial charge on any atom is -0.507 e. The molecule has 3 saturated heterocycles. The van der Waals surface area contributed by atoms with Crippen molar-refractivity contribution in [2.75, 3.05) is 56.5 Å². The van der Waals surface area contributed by atoms with E-state index in [1.807, 2.05) is 36.4 Å². The number of likely N-dealkylation sites (tertiary alicyclic amines) is 1. The predicted molar refractivity (Wildman–Crippen MR) is 150 cm³/mol. The minimum atomic E-state index is -0.594. The van der Waals surface area contributed by atoms with Gasteiger partial charge in [0, 0.05) is 44.8 Å². The number of aromatic hydroxyl groups is 1. The molecule has 0 aliphatic carbocycles. The third kappa shape index (κ3) is 4.81. The number of piperidine rings is 2. The molecule has 1 aromatic heterocycles. The lowest BCUT2D eigenvalue weighted by molar-refractivity contribution is -0.147. The molecule has 9 heteroatoms. The monoisotopic (exact) mass is 528 g/mol. The van der Waals surface area contributed by atoms with Crippen molar-refractivity contribution in [3.05, 3.63) is 66.2 Å². The molecular formula is C30H36N6O3. The highest BCUT2D eigenvalue weighted by Crippen LogP contribution is 2.41. The van der Waals surface area contributed by atoms with Gasteiger partial charge in [0.2, 0.25) is 5.91 Å². The van der Waals surface area contributed by atoms with Gasteiger partial charge in [0.25, 0.3) is 0 Å². The smallest absolute Gasteiger partial charge is 0.233 e. The van der Waals surface area contributed by atoms with Gasteiger partial charge in [0.05, 0.1) is 29.0 Å². The summed E-state index contributed by atoms with van der Waals surface area (Å²) in [6, 6.07) is 19.2. The van der Waals surface area contributed by atoms with Crippen molar-refractivity contribution in [3.8, 4) is 17.0 Å². The van der Waals surface area contributed by atoms with E-state index in [1.165, 1.54) is 0 Å². The molecule has 0 saturated carbocycles. The van der Waals surface area contributed by atoms with Gasteiger partial charge in [-0.05, 0) is 49.4 Å². The van der Waals surface area contributed by atoms with E-state index in [2.05, 4.69) is 37.4 Å². The summed E-state index contributed by atoms with van der Waals surface area (Å²) in [4.78, 5) is 18.6. The maximum absolute atomic E-state index is 14.3. The van der Waals surface area contributed by atoms with Crippen LogP contribution in [0, 0.1) is 0 Å². The molecule has 2 aromatic carbocycles. The van der Waals surface area contributed by atoms with Crippen molar-refractivity contribution in [1.29, 1.82) is 0 Å². The Morgan fingerprint density at radius 1 is 0.949 bits per heavy atom. The standard InChI is InChI=1S/C30H36N6O3/c31-27-25(20-24(33-34-27)23-8-4-5-9-26(23)37)35-17-12-30(13-18-35,22-6-2-1-3-7-22)28(38)36-15-10-29(11-16-36)21-32-14-19-39-29/h1-9,20,32,37H,10-19,21H2,(H2,31,34). The number of nitrogen functional groups attached to an aromatic ring is 1. The van der Waals surface area contributed by atoms with Crippen LogP contribution in [0.25, 0.3) is 11.3 Å². The number of amides is 1. The Kier molecular flexibility index (Phi) is 6.86. The van der Waals surface area contributed by atoms with E-state index in [0.717, 1.165) is 43.8 Å². The molecule has 1 amide bonds. The molecule has 3 fully saturated rings. The largest absolute Gasteiger partial charge is 0.507 e. The Balaban J connectivity index is 1.23. The van der Waals surface area contributed by atoms with E-state index in [4.69, 9.17) is 10.5 Å². The summed E-state index contributed by atoms with van der Waals surface area (Å²) >= 11 is 0. The van der Waals surface area contributed by atoms with Crippen molar-refractivity contribution in [2.24, 2.45) is 0 Å². The van der Waals surface area contributed by atoms with Crippen LogP contribution in [0.1, 0.15) is 31.2 Å². The molecule has 0 bridgehead atoms. The lowest BCUT2D eigenvalue weighted by atomic mass is 9.71. The van der Waals surface area contributed by atoms with Crippen LogP contribution in [0.5, 0.6) is 5.75 Å². The summed E-state index contributed by atoms with van der Waals surface area (Å²) in [6.45, 7) is 5.22. The van der Waals surface area contributed by atoms with Crippen LogP contribution in [0.2, 0.25) is 0 Å². The first-order chi connectivity index (χ1) is 19.0. The molecule has 3 aromatic rings. The third-order valence-electron chi connectivity index (χ3n) is 8.77. The van der Waals surface area contributed by atoms with E-state index in [-0.39, 0.29) is 17.3 Å². The van der Waals surface area contributed by atoms with Crippen molar-refractivity contribution in [1.82, 2.24) is 20.4 Å². The Morgan fingerprint density at radius 2 is 1.67 bits per heavy atom. The summed E-state index contributed by atoms with van der Waals surface area (Å²) in [5, 5.41) is 22.2. The Morgan fingerprint density at radius 3 is 2.36 bits per heavy atom. The van der Waals surface area contributed by atoms with E-state index in [1.54, 1.807) is 12.1 Å². The Hall–Kier alpha value is -3.69. The molecule has 1 spiro atoms. The summed E-state index contributed by atoms with van der Waals surface area (Å²) in [6.07, 6.45) is 3.06. The third-order valence-corrected chi connectivity index (χ3v) is 8.77. The van der Waals surface area contributed by atoms with Crippen LogP contribution in [-0.2, 0) is 14.9 Å². The maximum Gasteiger partial charge on any atom is 0.233 e. The van der Waals surface area contributed by atoms with Crippen molar-refractivity contribution < 1.29 is 14.6 Å². The van der Waals surface area contributed by atoms with Gasteiger partial charge >= 0.3 is 0 Å². The predicted octanol–water partition coefficient (Wildman–Crippen LogP) is 2.95. The van der Waals surface area contributed by atoms with Gasteiger partial charge in [-0.3, -0.25) is 4.79 Å². The van der Waals surface area contributed by atoms with Gasteiger partial charge in [0.15, 0.2) is 5.82 Å². The summed E-state index contributed by atoms with van der Waals surface area (Å²) in [5.74, 6) is 0.699. The molecule has 3 aliphatic heterocycles. The first-order valence-electron chi connectivity index (χ1n) is 13.9. The van der Waals surface area contributed by atoms with E-state index in [0.29, 0.717) is 56.1 Å². The first kappa shape index (κ1) is 25.6. The number of rotatable bonds is 4. The van der Waals surface area contributed by atoms with Gasteiger partial charge < -0.3 is 30.7 Å². The number of para-hydroxylation sites is 1. The summed E-state index contributed by atoms with van der Waals surface area (Å²) < 4.78 is 6.17. The van der Waals surface area contributed by atoms with Gasteiger partial charge in [-0.15, -0.1) is 10.2 Å². The highest BCUT2D eigenvalue weighted by atomic mass is 16.5. The quantitative estimate of drug-likeness (QED) is 0.473. The van der Waals surface area contributed by atoms with Crippen LogP contribution in [-0.4, -0.2) is 77.6 Å². The molecule has 0 atom stereocenters. The molecule has 9 nitrogen and oxygen atoms in total. The zero-order chi connectivity index (χ0) is 26.9. The van der Waals surface area contributed by atoms with E-state index >= 15 is 0 Å². The highest BCUT2D eigenvalue weighted by molar-refractivity contribution is 5.89. The lowest BCUT2D eigenvalue weighted by Gasteiger charge is -2.48. The number of hydrogen-bond donors (Lipinski definition) is 3. The molecule has 0 radical (unpaired) electrons. The number of phenolic OH excluding ortho intramolecular Hbond substituents is 1. The number of morpholine rings is 1. The van der Waals surface area contributed by atoms with Gasteiger partial charge in [-0.25, -0.2) is 0 Å². The number of aromatic nitrogens is 2. The number of nitrogens with two attached hydrogens (primary N) is 1. The summed E-state index contributed by atoms with van der Waals surface area (Å²) in [7, 11) is 0. The number of ether oxygens (including phenoxy) is 1. The number of phenols is 1. The topological polar surface area (TPSA) is 117 Å². The lowest BCUT2D eigenvalue weighted by Crippen LogP contribution is -2.59. The average molecular weight is 529 g/mol. The van der Waals surface area contributed by atoms with Crippen LogP contribution >= 0.6 is 0 Å². The number of hydrogen-bond acceptors (Lipinski definition) is 8. The molecule has 4 heterocycles. The van der Waals surface area contributed by atoms with E-state index < -0.39 is 5.41 Å². The molecule has 0 unspecified atom stereocenters.